The van der Waals surface area contributed by atoms with Gasteiger partial charge in [-0.3, -0.25) is 4.90 Å². The van der Waals surface area contributed by atoms with Crippen LogP contribution in [0.1, 0.15) is 37.3 Å². The molecule has 0 atom stereocenters. The van der Waals surface area contributed by atoms with E-state index in [2.05, 4.69) is 68.2 Å². The van der Waals surface area contributed by atoms with Crippen LogP contribution in [0.15, 0.2) is 48.9 Å². The molecule has 42 heavy (non-hydrogen) atoms. The molecule has 2 fully saturated rings. The van der Waals surface area contributed by atoms with Gasteiger partial charge in [-0.25, -0.2) is 15.0 Å². The first-order chi connectivity index (χ1) is 20.4. The Labute approximate surface area is 251 Å². The zero-order chi connectivity index (χ0) is 29.0. The number of aromatic nitrogens is 5. The van der Waals surface area contributed by atoms with Gasteiger partial charge in [0.2, 0.25) is 5.95 Å². The number of nitrogens with two attached hydrogens (primary N) is 1. The molecule has 3 N–H and O–H groups in total. The third-order valence-electron chi connectivity index (χ3n) is 9.27. The topological polar surface area (TPSA) is 93.1 Å². The van der Waals surface area contributed by atoms with E-state index in [1.165, 1.54) is 39.0 Å². The summed E-state index contributed by atoms with van der Waals surface area (Å²) < 4.78 is 4.36. The lowest BCUT2D eigenvalue weighted by Gasteiger charge is -2.41. The Kier molecular flexibility index (Phi) is 7.04. The molecule has 2 aliphatic rings. The van der Waals surface area contributed by atoms with E-state index in [1.807, 2.05) is 24.6 Å². The molecule has 2 aromatic carbocycles. The minimum absolute atomic E-state index is 0.410. The summed E-state index contributed by atoms with van der Waals surface area (Å²) >= 11 is 6.52. The highest BCUT2D eigenvalue weighted by Crippen LogP contribution is 2.39. The van der Waals surface area contributed by atoms with Crippen LogP contribution in [-0.4, -0.2) is 73.2 Å². The van der Waals surface area contributed by atoms with E-state index >= 15 is 0 Å². The number of imidazole rings is 1. The van der Waals surface area contributed by atoms with Crippen molar-refractivity contribution in [3.05, 3.63) is 59.5 Å². The number of likely N-dealkylation sites (N-methyl/N-ethyl adjacent to an activating group) is 1. The lowest BCUT2D eigenvalue weighted by atomic mass is 9.89. The summed E-state index contributed by atoms with van der Waals surface area (Å²) in [7, 11) is 4.20. The number of anilines is 3. The SMILES string of the molecule is Cc1cc(Cl)c2c(c1)nc(Nc1ccc(-c3cn([C@H]4CC[C@@H](N5CCN(C)CC5)CC4)c4ncnc(N)c34)cc1)n2C. The van der Waals surface area contributed by atoms with Crippen molar-refractivity contribution in [2.45, 2.75) is 44.7 Å². The third-order valence-corrected chi connectivity index (χ3v) is 9.56. The van der Waals surface area contributed by atoms with Gasteiger partial charge in [0.05, 0.1) is 21.4 Å². The molecule has 7 rings (SSSR count). The number of fused-ring (bicyclic) bond motifs is 2. The number of hydrogen-bond donors (Lipinski definition) is 2. The van der Waals surface area contributed by atoms with Gasteiger partial charge in [0.1, 0.15) is 17.8 Å². The molecule has 5 aromatic rings. The van der Waals surface area contributed by atoms with Gasteiger partial charge in [-0.05, 0) is 75.0 Å². The maximum Gasteiger partial charge on any atom is 0.208 e. The normalized spacial score (nSPS) is 20.5. The predicted octanol–water partition coefficient (Wildman–Crippen LogP) is 6.00. The monoisotopic (exact) mass is 583 g/mol. The fraction of sp³-hybridized carbons (Fsp3) is 0.406. The fourth-order valence-electron chi connectivity index (χ4n) is 6.90. The van der Waals surface area contributed by atoms with Crippen LogP contribution in [0, 0.1) is 6.92 Å². The van der Waals surface area contributed by atoms with Gasteiger partial charge in [0, 0.05) is 62.8 Å². The number of aryl methyl sites for hydroxylation is 2. The summed E-state index contributed by atoms with van der Waals surface area (Å²) in [5.74, 6) is 1.26. The Hall–Kier alpha value is -3.66. The molecule has 0 bridgehead atoms. The molecule has 0 amide bonds. The number of halogens is 1. The summed E-state index contributed by atoms with van der Waals surface area (Å²) in [6.45, 7) is 6.73. The number of hydrogen-bond acceptors (Lipinski definition) is 7. The zero-order valence-electron chi connectivity index (χ0n) is 24.5. The van der Waals surface area contributed by atoms with Gasteiger partial charge in [-0.1, -0.05) is 23.7 Å². The number of nitrogen functional groups attached to an aromatic ring is 1. The van der Waals surface area contributed by atoms with Crippen LogP contribution in [-0.2, 0) is 7.05 Å². The van der Waals surface area contributed by atoms with Crippen LogP contribution in [0.4, 0.5) is 17.5 Å². The largest absolute Gasteiger partial charge is 0.383 e. The van der Waals surface area contributed by atoms with Crippen LogP contribution in [0.3, 0.4) is 0 Å². The molecule has 0 spiro atoms. The van der Waals surface area contributed by atoms with E-state index in [4.69, 9.17) is 27.3 Å². The number of nitrogens with zero attached hydrogens (tertiary/aromatic N) is 7. The molecule has 9 nitrogen and oxygen atoms in total. The van der Waals surface area contributed by atoms with E-state index < -0.39 is 0 Å². The lowest BCUT2D eigenvalue weighted by molar-refractivity contribution is 0.0828. The van der Waals surface area contributed by atoms with Crippen molar-refractivity contribution in [2.24, 2.45) is 7.05 Å². The zero-order valence-corrected chi connectivity index (χ0v) is 25.3. The molecule has 1 aliphatic carbocycles. The highest BCUT2D eigenvalue weighted by atomic mass is 35.5. The summed E-state index contributed by atoms with van der Waals surface area (Å²) in [5.41, 5.74) is 13.4. The molecule has 3 aromatic heterocycles. The quantitative estimate of drug-likeness (QED) is 0.262. The van der Waals surface area contributed by atoms with Gasteiger partial charge in [-0.2, -0.15) is 0 Å². The fourth-order valence-corrected chi connectivity index (χ4v) is 7.29. The molecule has 0 radical (unpaired) electrons. The lowest BCUT2D eigenvalue weighted by Crippen LogP contribution is -2.49. The van der Waals surface area contributed by atoms with Gasteiger partial charge in [0.25, 0.3) is 0 Å². The Morgan fingerprint density at radius 1 is 0.929 bits per heavy atom. The Morgan fingerprint density at radius 3 is 2.38 bits per heavy atom. The van der Waals surface area contributed by atoms with Crippen LogP contribution < -0.4 is 11.1 Å². The maximum absolute atomic E-state index is 6.52. The number of nitrogens with one attached hydrogen (secondary N) is 1. The van der Waals surface area contributed by atoms with Crippen molar-refractivity contribution in [3.63, 3.8) is 0 Å². The van der Waals surface area contributed by atoms with Crippen LogP contribution in [0.25, 0.3) is 33.2 Å². The summed E-state index contributed by atoms with van der Waals surface area (Å²) in [5, 5.41) is 5.09. The molecule has 218 valence electrons. The highest BCUT2D eigenvalue weighted by Gasteiger charge is 2.30. The average molecular weight is 584 g/mol. The molecule has 0 unspecified atom stereocenters. The van der Waals surface area contributed by atoms with Crippen molar-refractivity contribution in [1.82, 2.24) is 33.9 Å². The molecular formula is C32H38ClN9. The Balaban J connectivity index is 1.13. The van der Waals surface area contributed by atoms with E-state index in [0.29, 0.717) is 22.9 Å². The summed E-state index contributed by atoms with van der Waals surface area (Å²) in [6, 6.07) is 13.5. The first kappa shape index (κ1) is 27.2. The highest BCUT2D eigenvalue weighted by molar-refractivity contribution is 6.35. The predicted molar refractivity (Wildman–Crippen MR) is 171 cm³/mol. The number of piperazine rings is 1. The van der Waals surface area contributed by atoms with Crippen LogP contribution >= 0.6 is 11.6 Å². The van der Waals surface area contributed by atoms with Crippen molar-refractivity contribution < 1.29 is 0 Å². The molecular weight excluding hydrogens is 546 g/mol. The van der Waals surface area contributed by atoms with E-state index in [0.717, 1.165) is 63.2 Å². The second kappa shape index (κ2) is 10.9. The molecule has 1 saturated heterocycles. The second-order valence-electron chi connectivity index (χ2n) is 12.0. The maximum atomic E-state index is 6.52. The number of rotatable bonds is 5. The first-order valence-electron chi connectivity index (χ1n) is 14.9. The van der Waals surface area contributed by atoms with Gasteiger partial charge < -0.3 is 25.1 Å². The average Bonchev–Trinajstić information content (AvgIpc) is 3.52. The summed E-state index contributed by atoms with van der Waals surface area (Å²) in [4.78, 5) is 19.0. The molecule has 4 heterocycles. The van der Waals surface area contributed by atoms with Crippen LogP contribution in [0.2, 0.25) is 5.02 Å². The van der Waals surface area contributed by atoms with Crippen molar-refractivity contribution >= 4 is 51.1 Å². The smallest absolute Gasteiger partial charge is 0.208 e. The summed E-state index contributed by atoms with van der Waals surface area (Å²) in [6.07, 6.45) is 8.57. The minimum atomic E-state index is 0.410. The van der Waals surface area contributed by atoms with Crippen molar-refractivity contribution in [1.29, 1.82) is 0 Å². The minimum Gasteiger partial charge on any atom is -0.383 e. The van der Waals surface area contributed by atoms with E-state index in [-0.39, 0.29) is 0 Å². The van der Waals surface area contributed by atoms with Crippen molar-refractivity contribution in [3.8, 4) is 11.1 Å². The molecule has 1 saturated carbocycles. The number of benzene rings is 2. The Bertz CT molecular complexity index is 1740. The first-order valence-corrected chi connectivity index (χ1v) is 15.3. The second-order valence-corrected chi connectivity index (χ2v) is 12.4. The molecule has 1 aliphatic heterocycles. The van der Waals surface area contributed by atoms with Gasteiger partial charge >= 0.3 is 0 Å². The van der Waals surface area contributed by atoms with Crippen LogP contribution in [0.5, 0.6) is 0 Å². The van der Waals surface area contributed by atoms with Gasteiger partial charge in [0.15, 0.2) is 0 Å². The third kappa shape index (κ3) is 4.89. The van der Waals surface area contributed by atoms with Crippen molar-refractivity contribution in [2.75, 3.05) is 44.3 Å². The molecule has 10 heteroatoms. The van der Waals surface area contributed by atoms with E-state index in [9.17, 15) is 0 Å². The van der Waals surface area contributed by atoms with E-state index in [1.54, 1.807) is 6.33 Å². The standard InChI is InChI=1S/C32H38ClN9/c1-20-16-26(33)29-27(17-20)38-32(40(29)3)37-22-6-4-21(5-7-22)25-18-42(31-28(25)30(34)35-19-36-31)24-10-8-23(9-11-24)41-14-12-39(2)13-15-41/h4-7,16-19,23-24H,8-15H2,1-3H3,(H,37,38)(H2,34,35,36)/t23-,24+. The Morgan fingerprint density at radius 2 is 1.64 bits per heavy atom. The van der Waals surface area contributed by atoms with Gasteiger partial charge in [-0.15, -0.1) is 0 Å².